The first-order valence-corrected chi connectivity index (χ1v) is 13.8. The second kappa shape index (κ2) is 11.4. The summed E-state index contributed by atoms with van der Waals surface area (Å²) in [5.41, 5.74) is 1.85. The maximum absolute atomic E-state index is 14.7. The van der Waals surface area contributed by atoms with Crippen molar-refractivity contribution in [3.63, 3.8) is 0 Å². The fourth-order valence-electron chi connectivity index (χ4n) is 5.81. The summed E-state index contributed by atoms with van der Waals surface area (Å²) in [7, 11) is 0. The maximum atomic E-state index is 14.7. The molecule has 3 aromatic carbocycles. The molecule has 0 unspecified atom stereocenters. The highest BCUT2D eigenvalue weighted by atomic mass is 35.5. The number of benzene rings is 3. The Balaban J connectivity index is 1.72. The van der Waals surface area contributed by atoms with E-state index in [1.807, 2.05) is 28.8 Å². The Labute approximate surface area is 236 Å². The van der Waals surface area contributed by atoms with E-state index in [4.69, 9.17) is 21.3 Å². The SMILES string of the molecule is CCOC(=O)Cc1ccc(N(C(C)=O)C2(n3c(-c4ccc(Cl)cc4)nc4cc(F)c(F)cc43)CCCCC2)cc1. The van der Waals surface area contributed by atoms with Gasteiger partial charge in [-0.3, -0.25) is 19.1 Å². The van der Waals surface area contributed by atoms with Crippen LogP contribution in [-0.2, 0) is 26.4 Å². The molecule has 1 fully saturated rings. The Kier molecular flexibility index (Phi) is 7.90. The molecule has 0 spiro atoms. The molecule has 0 saturated heterocycles. The topological polar surface area (TPSA) is 64.4 Å². The number of esters is 1. The largest absolute Gasteiger partial charge is 0.466 e. The van der Waals surface area contributed by atoms with Gasteiger partial charge in [-0.2, -0.15) is 0 Å². The Morgan fingerprint density at radius 2 is 1.65 bits per heavy atom. The minimum Gasteiger partial charge on any atom is -0.466 e. The zero-order chi connectivity index (χ0) is 28.4. The van der Waals surface area contributed by atoms with Crippen molar-refractivity contribution in [1.29, 1.82) is 0 Å². The number of nitrogens with zero attached hydrogens (tertiary/aromatic N) is 3. The summed E-state index contributed by atoms with van der Waals surface area (Å²) < 4.78 is 36.1. The summed E-state index contributed by atoms with van der Waals surface area (Å²) in [6.07, 6.45) is 3.93. The number of halogens is 3. The zero-order valence-electron chi connectivity index (χ0n) is 22.4. The summed E-state index contributed by atoms with van der Waals surface area (Å²) in [5.74, 6) is -2.01. The molecule has 9 heteroatoms. The lowest BCUT2D eigenvalue weighted by atomic mass is 9.85. The van der Waals surface area contributed by atoms with Gasteiger partial charge in [-0.1, -0.05) is 30.2 Å². The second-order valence-corrected chi connectivity index (χ2v) is 10.5. The van der Waals surface area contributed by atoms with Gasteiger partial charge in [-0.25, -0.2) is 13.8 Å². The minimum atomic E-state index is -0.988. The van der Waals surface area contributed by atoms with Crippen LogP contribution in [0.5, 0.6) is 0 Å². The van der Waals surface area contributed by atoms with E-state index in [1.165, 1.54) is 6.92 Å². The van der Waals surface area contributed by atoms with E-state index >= 15 is 0 Å². The van der Waals surface area contributed by atoms with Crippen LogP contribution in [0.1, 0.15) is 51.5 Å². The molecule has 0 bridgehead atoms. The molecular formula is C31H30ClF2N3O3. The van der Waals surface area contributed by atoms with Gasteiger partial charge in [-0.05, 0) is 74.6 Å². The number of hydrogen-bond donors (Lipinski definition) is 0. The summed E-state index contributed by atoms with van der Waals surface area (Å²) >= 11 is 6.16. The fourth-order valence-corrected chi connectivity index (χ4v) is 5.93. The number of imidazole rings is 1. The molecule has 1 aliphatic rings. The molecule has 0 radical (unpaired) electrons. The van der Waals surface area contributed by atoms with E-state index in [1.54, 1.807) is 36.1 Å². The van der Waals surface area contributed by atoms with Crippen LogP contribution in [0.4, 0.5) is 14.5 Å². The van der Waals surface area contributed by atoms with Crippen molar-refractivity contribution < 1.29 is 23.1 Å². The van der Waals surface area contributed by atoms with Crippen LogP contribution >= 0.6 is 11.6 Å². The molecular weight excluding hydrogens is 536 g/mol. The normalized spacial score (nSPS) is 14.7. The Morgan fingerprint density at radius 3 is 2.27 bits per heavy atom. The average molecular weight is 566 g/mol. The van der Waals surface area contributed by atoms with Crippen molar-refractivity contribution in [2.45, 2.75) is 58.0 Å². The van der Waals surface area contributed by atoms with Crippen molar-refractivity contribution in [2.75, 3.05) is 11.5 Å². The third-order valence-corrected chi connectivity index (χ3v) is 7.70. The monoisotopic (exact) mass is 565 g/mol. The molecule has 40 heavy (non-hydrogen) atoms. The Morgan fingerprint density at radius 1 is 1.00 bits per heavy atom. The highest BCUT2D eigenvalue weighted by Crippen LogP contribution is 2.45. The van der Waals surface area contributed by atoms with Crippen LogP contribution in [0.3, 0.4) is 0 Å². The summed E-state index contributed by atoms with van der Waals surface area (Å²) in [6.45, 7) is 3.56. The van der Waals surface area contributed by atoms with E-state index in [0.29, 0.717) is 52.6 Å². The smallest absolute Gasteiger partial charge is 0.310 e. The molecule has 4 aromatic rings. The molecule has 1 amide bonds. The van der Waals surface area contributed by atoms with Crippen LogP contribution < -0.4 is 4.90 Å². The number of rotatable bonds is 7. The molecule has 6 nitrogen and oxygen atoms in total. The quantitative estimate of drug-likeness (QED) is 0.219. The van der Waals surface area contributed by atoms with Gasteiger partial charge in [0.2, 0.25) is 5.91 Å². The number of anilines is 1. The van der Waals surface area contributed by atoms with Gasteiger partial charge in [0.05, 0.1) is 24.1 Å². The number of amides is 1. The Bertz CT molecular complexity index is 1550. The van der Waals surface area contributed by atoms with E-state index in [9.17, 15) is 18.4 Å². The third kappa shape index (κ3) is 5.20. The van der Waals surface area contributed by atoms with E-state index in [2.05, 4.69) is 0 Å². The van der Waals surface area contributed by atoms with Gasteiger partial charge >= 0.3 is 5.97 Å². The third-order valence-electron chi connectivity index (χ3n) is 7.45. The van der Waals surface area contributed by atoms with E-state index in [-0.39, 0.29) is 18.3 Å². The van der Waals surface area contributed by atoms with Crippen molar-refractivity contribution >= 4 is 40.2 Å². The molecule has 0 atom stereocenters. The van der Waals surface area contributed by atoms with E-state index < -0.39 is 17.3 Å². The van der Waals surface area contributed by atoms with Gasteiger partial charge in [-0.15, -0.1) is 0 Å². The van der Waals surface area contributed by atoms with E-state index in [0.717, 1.165) is 37.0 Å². The predicted octanol–water partition coefficient (Wildman–Crippen LogP) is 7.41. The number of aromatic nitrogens is 2. The highest BCUT2D eigenvalue weighted by Gasteiger charge is 2.45. The van der Waals surface area contributed by atoms with Crippen LogP contribution in [0.2, 0.25) is 5.02 Å². The van der Waals surface area contributed by atoms with Crippen LogP contribution in [0.15, 0.2) is 60.7 Å². The fraction of sp³-hybridized carbons (Fsp3) is 0.323. The predicted molar refractivity (Wildman–Crippen MR) is 151 cm³/mol. The number of fused-ring (bicyclic) bond motifs is 1. The van der Waals surface area contributed by atoms with Gasteiger partial charge in [0, 0.05) is 35.3 Å². The molecule has 0 N–H and O–H groups in total. The molecule has 1 heterocycles. The first kappa shape index (κ1) is 27.8. The molecule has 208 valence electrons. The number of hydrogen-bond acceptors (Lipinski definition) is 4. The second-order valence-electron chi connectivity index (χ2n) is 10.1. The molecule has 1 saturated carbocycles. The number of ether oxygens (including phenoxy) is 1. The minimum absolute atomic E-state index is 0.122. The molecule has 5 rings (SSSR count). The number of carbonyl (C=O) groups is 2. The highest BCUT2D eigenvalue weighted by molar-refractivity contribution is 6.30. The maximum Gasteiger partial charge on any atom is 0.310 e. The first-order valence-electron chi connectivity index (χ1n) is 13.4. The van der Waals surface area contributed by atoms with Crippen molar-refractivity contribution in [3.05, 3.63) is 82.9 Å². The standard InChI is InChI=1S/C31H30ClF2N3O3/c1-3-40-29(39)17-21-7-13-24(14-8-21)36(20(2)38)31(15-5-4-6-16-31)37-28-19-26(34)25(33)18-27(28)35-30(37)22-9-11-23(32)12-10-22/h7-14,18-19H,3-6,15-17H2,1-2H3. The summed E-state index contributed by atoms with van der Waals surface area (Å²) in [6, 6.07) is 16.6. The molecule has 0 aliphatic heterocycles. The Hall–Kier alpha value is -3.78. The van der Waals surface area contributed by atoms with Crippen molar-refractivity contribution in [1.82, 2.24) is 9.55 Å². The van der Waals surface area contributed by atoms with Crippen molar-refractivity contribution in [2.24, 2.45) is 0 Å². The van der Waals surface area contributed by atoms with Crippen molar-refractivity contribution in [3.8, 4) is 11.4 Å². The lowest BCUT2D eigenvalue weighted by Crippen LogP contribution is -2.54. The lowest BCUT2D eigenvalue weighted by molar-refractivity contribution is -0.142. The lowest BCUT2D eigenvalue weighted by Gasteiger charge is -2.48. The first-order chi connectivity index (χ1) is 19.2. The zero-order valence-corrected chi connectivity index (χ0v) is 23.2. The van der Waals surface area contributed by atoms with Gasteiger partial charge in [0.1, 0.15) is 11.5 Å². The summed E-state index contributed by atoms with van der Waals surface area (Å²) in [5, 5.41) is 0.546. The van der Waals surface area contributed by atoms with Crippen LogP contribution in [0, 0.1) is 11.6 Å². The van der Waals surface area contributed by atoms with Crippen LogP contribution in [0.25, 0.3) is 22.4 Å². The van der Waals surface area contributed by atoms with Gasteiger partial charge in [0.15, 0.2) is 11.6 Å². The summed E-state index contributed by atoms with van der Waals surface area (Å²) in [4.78, 5) is 32.0. The van der Waals surface area contributed by atoms with Gasteiger partial charge < -0.3 is 4.74 Å². The average Bonchev–Trinajstić information content (AvgIpc) is 3.29. The van der Waals surface area contributed by atoms with Crippen LogP contribution in [-0.4, -0.2) is 28.0 Å². The number of carbonyl (C=O) groups excluding carboxylic acids is 2. The molecule has 1 aliphatic carbocycles. The van der Waals surface area contributed by atoms with Gasteiger partial charge in [0.25, 0.3) is 0 Å². The molecule has 1 aromatic heterocycles.